The lowest BCUT2D eigenvalue weighted by atomic mass is 10.1. The van der Waals surface area contributed by atoms with Gasteiger partial charge in [0.05, 0.1) is 6.10 Å². The zero-order valence-electron chi connectivity index (χ0n) is 14.3. The van der Waals surface area contributed by atoms with Crippen LogP contribution in [0.5, 0.6) is 5.75 Å². The van der Waals surface area contributed by atoms with Gasteiger partial charge in [0.2, 0.25) is 0 Å². The van der Waals surface area contributed by atoms with Gasteiger partial charge in [-0.25, -0.2) is 0 Å². The zero-order valence-corrected chi connectivity index (χ0v) is 15.2. The van der Waals surface area contributed by atoms with Gasteiger partial charge in [-0.1, -0.05) is 12.1 Å². The number of rotatable bonds is 4. The van der Waals surface area contributed by atoms with Crippen molar-refractivity contribution in [1.82, 2.24) is 5.32 Å². The van der Waals surface area contributed by atoms with Gasteiger partial charge >= 0.3 is 0 Å². The van der Waals surface area contributed by atoms with Gasteiger partial charge < -0.3 is 10.1 Å². The van der Waals surface area contributed by atoms with Crippen molar-refractivity contribution in [3.05, 3.63) is 59.2 Å². The molecule has 0 aromatic heterocycles. The van der Waals surface area contributed by atoms with Crippen molar-refractivity contribution in [2.75, 3.05) is 5.32 Å². The molecule has 24 heavy (non-hydrogen) atoms. The second kappa shape index (κ2) is 7.93. The summed E-state index contributed by atoms with van der Waals surface area (Å²) in [6, 6.07) is 13.1. The van der Waals surface area contributed by atoms with Crippen LogP contribution in [0.3, 0.4) is 0 Å². The largest absolute Gasteiger partial charge is 0.491 e. The molecular formula is C19H22N2O2S. The van der Waals surface area contributed by atoms with Crippen molar-refractivity contribution in [1.29, 1.82) is 0 Å². The van der Waals surface area contributed by atoms with Crippen molar-refractivity contribution in [3.63, 3.8) is 0 Å². The van der Waals surface area contributed by atoms with E-state index in [0.29, 0.717) is 11.3 Å². The monoisotopic (exact) mass is 342 g/mol. The molecule has 0 aliphatic carbocycles. The number of aryl methyl sites for hydroxylation is 2. The van der Waals surface area contributed by atoms with Gasteiger partial charge in [0, 0.05) is 11.3 Å². The number of hydrogen-bond donors (Lipinski definition) is 2. The highest BCUT2D eigenvalue weighted by molar-refractivity contribution is 7.80. The molecule has 0 aliphatic heterocycles. The number of nitrogens with one attached hydrogen (secondary N) is 2. The predicted octanol–water partition coefficient (Wildman–Crippen LogP) is 4.22. The molecule has 0 bridgehead atoms. The Labute approximate surface area is 148 Å². The fraction of sp³-hybridized carbons (Fsp3) is 0.263. The lowest BCUT2D eigenvalue weighted by Gasteiger charge is -2.13. The second-order valence-electron chi connectivity index (χ2n) is 5.98. The van der Waals surface area contributed by atoms with Crippen molar-refractivity contribution in [2.24, 2.45) is 0 Å². The third-order valence-electron chi connectivity index (χ3n) is 3.17. The highest BCUT2D eigenvalue weighted by atomic mass is 32.1. The highest BCUT2D eigenvalue weighted by Gasteiger charge is 2.10. The van der Waals surface area contributed by atoms with Crippen LogP contribution in [-0.2, 0) is 0 Å². The first-order valence-electron chi connectivity index (χ1n) is 7.81. The standard InChI is InChI=1S/C19H22N2O2S/c1-12(2)23-17-7-5-6-15(11-17)18(22)21-19(24)20-16-9-13(3)8-14(4)10-16/h5-12H,1-4H3,(H2,20,21,22,24). The van der Waals surface area contributed by atoms with Crippen LogP contribution >= 0.6 is 12.2 Å². The average Bonchev–Trinajstić information content (AvgIpc) is 2.45. The molecule has 0 aliphatic rings. The molecular weight excluding hydrogens is 320 g/mol. The van der Waals surface area contributed by atoms with E-state index in [0.717, 1.165) is 16.8 Å². The van der Waals surface area contributed by atoms with Crippen LogP contribution in [-0.4, -0.2) is 17.1 Å². The van der Waals surface area contributed by atoms with Crippen LogP contribution in [0.15, 0.2) is 42.5 Å². The minimum Gasteiger partial charge on any atom is -0.491 e. The van der Waals surface area contributed by atoms with Crippen LogP contribution in [0.2, 0.25) is 0 Å². The minimum absolute atomic E-state index is 0.0515. The number of carbonyl (C=O) groups is 1. The fourth-order valence-electron chi connectivity index (χ4n) is 2.37. The van der Waals surface area contributed by atoms with Crippen LogP contribution in [0, 0.1) is 13.8 Å². The molecule has 2 aromatic carbocycles. The van der Waals surface area contributed by atoms with Gasteiger partial charge in [0.15, 0.2) is 5.11 Å². The lowest BCUT2D eigenvalue weighted by Crippen LogP contribution is -2.34. The maximum absolute atomic E-state index is 12.3. The molecule has 0 saturated carbocycles. The molecule has 2 rings (SSSR count). The molecule has 2 N–H and O–H groups in total. The molecule has 0 unspecified atom stereocenters. The first-order chi connectivity index (χ1) is 11.3. The molecule has 2 aromatic rings. The Morgan fingerprint density at radius 2 is 1.75 bits per heavy atom. The van der Waals surface area contributed by atoms with Crippen LogP contribution in [0.1, 0.15) is 35.3 Å². The normalized spacial score (nSPS) is 10.4. The van der Waals surface area contributed by atoms with Gasteiger partial charge in [-0.05, 0) is 81.4 Å². The molecule has 0 atom stereocenters. The van der Waals surface area contributed by atoms with Gasteiger partial charge in [-0.15, -0.1) is 0 Å². The van der Waals surface area contributed by atoms with E-state index in [-0.39, 0.29) is 17.1 Å². The summed E-state index contributed by atoms with van der Waals surface area (Å²) < 4.78 is 5.60. The smallest absolute Gasteiger partial charge is 0.257 e. The van der Waals surface area contributed by atoms with Crippen LogP contribution < -0.4 is 15.4 Å². The van der Waals surface area contributed by atoms with Crippen LogP contribution in [0.4, 0.5) is 5.69 Å². The van der Waals surface area contributed by atoms with Gasteiger partial charge in [-0.3, -0.25) is 10.1 Å². The van der Waals surface area contributed by atoms with E-state index in [4.69, 9.17) is 17.0 Å². The van der Waals surface area contributed by atoms with Gasteiger partial charge in [0.1, 0.15) is 5.75 Å². The number of ether oxygens (including phenoxy) is 1. The molecule has 0 heterocycles. The van der Waals surface area contributed by atoms with E-state index in [1.807, 2.05) is 45.9 Å². The summed E-state index contributed by atoms with van der Waals surface area (Å²) in [6.45, 7) is 7.91. The van der Waals surface area contributed by atoms with Crippen molar-refractivity contribution >= 4 is 28.9 Å². The number of benzene rings is 2. The SMILES string of the molecule is Cc1cc(C)cc(NC(=S)NC(=O)c2cccc(OC(C)C)c2)c1. The third-order valence-corrected chi connectivity index (χ3v) is 3.38. The Hall–Kier alpha value is -2.40. The molecule has 126 valence electrons. The molecule has 1 amide bonds. The zero-order chi connectivity index (χ0) is 17.7. The summed E-state index contributed by atoms with van der Waals surface area (Å²) in [4.78, 5) is 12.3. The van der Waals surface area contributed by atoms with Crippen molar-refractivity contribution in [2.45, 2.75) is 33.8 Å². The number of hydrogen-bond acceptors (Lipinski definition) is 3. The summed E-state index contributed by atoms with van der Waals surface area (Å²) in [7, 11) is 0. The number of carbonyl (C=O) groups excluding carboxylic acids is 1. The molecule has 0 radical (unpaired) electrons. The molecule has 5 heteroatoms. The topological polar surface area (TPSA) is 50.4 Å². The van der Waals surface area contributed by atoms with Crippen molar-refractivity contribution < 1.29 is 9.53 Å². The summed E-state index contributed by atoms with van der Waals surface area (Å²) in [5, 5.41) is 5.99. The van der Waals surface area contributed by atoms with E-state index in [1.54, 1.807) is 18.2 Å². The summed E-state index contributed by atoms with van der Waals surface area (Å²) >= 11 is 5.23. The van der Waals surface area contributed by atoms with Crippen LogP contribution in [0.25, 0.3) is 0 Å². The average molecular weight is 342 g/mol. The highest BCUT2D eigenvalue weighted by Crippen LogP contribution is 2.16. The molecule has 4 nitrogen and oxygen atoms in total. The minimum atomic E-state index is -0.272. The first kappa shape index (κ1) is 17.9. The summed E-state index contributed by atoms with van der Waals surface area (Å²) in [5.41, 5.74) is 3.61. The van der Waals surface area contributed by atoms with E-state index >= 15 is 0 Å². The Morgan fingerprint density at radius 3 is 2.38 bits per heavy atom. The molecule has 0 fully saturated rings. The van der Waals surface area contributed by atoms with Gasteiger partial charge in [0.25, 0.3) is 5.91 Å². The molecule has 0 saturated heterocycles. The first-order valence-corrected chi connectivity index (χ1v) is 8.21. The maximum atomic E-state index is 12.3. The number of amides is 1. The van der Waals surface area contributed by atoms with E-state index in [9.17, 15) is 4.79 Å². The third kappa shape index (κ3) is 5.35. The van der Waals surface area contributed by atoms with E-state index in [1.165, 1.54) is 0 Å². The van der Waals surface area contributed by atoms with Crippen molar-refractivity contribution in [3.8, 4) is 5.75 Å². The number of anilines is 1. The Morgan fingerprint density at radius 1 is 1.08 bits per heavy atom. The second-order valence-corrected chi connectivity index (χ2v) is 6.39. The predicted molar refractivity (Wildman–Crippen MR) is 102 cm³/mol. The van der Waals surface area contributed by atoms with Gasteiger partial charge in [-0.2, -0.15) is 0 Å². The number of thiocarbonyl (C=S) groups is 1. The molecule has 0 spiro atoms. The fourth-order valence-corrected chi connectivity index (χ4v) is 2.58. The van der Waals surface area contributed by atoms with E-state index in [2.05, 4.69) is 16.7 Å². The summed E-state index contributed by atoms with van der Waals surface area (Å²) in [6.07, 6.45) is 0.0515. The maximum Gasteiger partial charge on any atom is 0.257 e. The Kier molecular flexibility index (Phi) is 5.93. The Balaban J connectivity index is 2.02. The quantitative estimate of drug-likeness (QED) is 0.817. The van der Waals surface area contributed by atoms with E-state index < -0.39 is 0 Å². The summed E-state index contributed by atoms with van der Waals surface area (Å²) in [5.74, 6) is 0.386. The lowest BCUT2D eigenvalue weighted by molar-refractivity contribution is 0.0977. The Bertz CT molecular complexity index is 737.